The van der Waals surface area contributed by atoms with Gasteiger partial charge in [-0.25, -0.2) is 31.8 Å². The fourth-order valence-electron chi connectivity index (χ4n) is 5.58. The molecule has 0 unspecified atom stereocenters. The lowest BCUT2D eigenvalue weighted by atomic mass is 10.0. The number of esters is 1. The van der Waals surface area contributed by atoms with Gasteiger partial charge in [0.05, 0.1) is 28.8 Å². The van der Waals surface area contributed by atoms with Crippen molar-refractivity contribution in [3.63, 3.8) is 0 Å². The molecule has 1 aliphatic heterocycles. The van der Waals surface area contributed by atoms with E-state index in [1.165, 1.54) is 56.6 Å². The van der Waals surface area contributed by atoms with Crippen LogP contribution >= 0.6 is 0 Å². The first-order valence-electron chi connectivity index (χ1n) is 14.1. The zero-order chi connectivity index (χ0) is 33.2. The summed E-state index contributed by atoms with van der Waals surface area (Å²) in [5.74, 6) is -1.59. The van der Waals surface area contributed by atoms with Gasteiger partial charge in [-0.1, -0.05) is 6.07 Å². The first kappa shape index (κ1) is 29.9. The summed E-state index contributed by atoms with van der Waals surface area (Å²) in [5, 5.41) is 2.78. The number of rotatable bonds is 5. The summed E-state index contributed by atoms with van der Waals surface area (Å²) >= 11 is 0. The number of furan rings is 1. The van der Waals surface area contributed by atoms with Crippen molar-refractivity contribution in [1.82, 2.24) is 14.9 Å². The van der Waals surface area contributed by atoms with Gasteiger partial charge in [0.1, 0.15) is 40.0 Å². The summed E-state index contributed by atoms with van der Waals surface area (Å²) in [6.45, 7) is 0.127. The molecule has 1 aliphatic rings. The normalized spacial score (nSPS) is 12.4. The average molecular weight is 659 g/mol. The van der Waals surface area contributed by atoms with Crippen LogP contribution in [0.2, 0.25) is 0 Å². The van der Waals surface area contributed by atoms with Crippen LogP contribution in [0.3, 0.4) is 0 Å². The highest BCUT2D eigenvalue weighted by Gasteiger charge is 2.30. The lowest BCUT2D eigenvalue weighted by Crippen LogP contribution is -2.25. The molecule has 14 heteroatoms. The maximum absolute atomic E-state index is 14.7. The van der Waals surface area contributed by atoms with Gasteiger partial charge in [0.15, 0.2) is 6.73 Å². The van der Waals surface area contributed by atoms with Gasteiger partial charge in [-0.15, -0.1) is 0 Å². The lowest BCUT2D eigenvalue weighted by molar-refractivity contribution is 0.0628. The number of halogens is 2. The molecule has 1 N–H and O–H groups in total. The molecule has 0 spiro atoms. The number of hydrogen-bond donors (Lipinski definition) is 1. The van der Waals surface area contributed by atoms with E-state index < -0.39 is 33.7 Å². The van der Waals surface area contributed by atoms with E-state index in [0.717, 1.165) is 10.6 Å². The zero-order valence-corrected chi connectivity index (χ0v) is 25.8. The van der Waals surface area contributed by atoms with Gasteiger partial charge in [0, 0.05) is 42.1 Å². The first-order valence-corrected chi connectivity index (χ1v) is 16.0. The van der Waals surface area contributed by atoms with Gasteiger partial charge in [-0.05, 0) is 60.7 Å². The Morgan fingerprint density at radius 2 is 1.79 bits per heavy atom. The fourth-order valence-corrected chi connectivity index (χ4v) is 6.09. The van der Waals surface area contributed by atoms with Crippen LogP contribution in [0.15, 0.2) is 77.2 Å². The molecule has 3 aromatic carbocycles. The quantitative estimate of drug-likeness (QED) is 0.169. The van der Waals surface area contributed by atoms with E-state index in [1.807, 2.05) is 0 Å². The highest BCUT2D eigenvalue weighted by atomic mass is 32.2. The molecular formula is C33H24F2N4O7S. The predicted octanol–water partition coefficient (Wildman–Crippen LogP) is 6.30. The number of benzene rings is 3. The van der Waals surface area contributed by atoms with E-state index in [0.29, 0.717) is 33.6 Å². The molecular weight excluding hydrogens is 634 g/mol. The second-order valence-electron chi connectivity index (χ2n) is 10.8. The predicted molar refractivity (Wildman–Crippen MR) is 169 cm³/mol. The second kappa shape index (κ2) is 10.9. The molecule has 4 heterocycles. The van der Waals surface area contributed by atoms with Crippen LogP contribution in [0.1, 0.15) is 10.4 Å². The van der Waals surface area contributed by atoms with E-state index in [4.69, 9.17) is 18.9 Å². The van der Waals surface area contributed by atoms with Crippen LogP contribution in [-0.2, 0) is 21.5 Å². The van der Waals surface area contributed by atoms with Crippen LogP contribution < -0.4 is 14.4 Å². The van der Waals surface area contributed by atoms with Crippen molar-refractivity contribution in [2.45, 2.75) is 6.73 Å². The largest absolute Gasteiger partial charge is 0.470 e. The summed E-state index contributed by atoms with van der Waals surface area (Å²) in [4.78, 5) is 30.3. The van der Waals surface area contributed by atoms with E-state index >= 15 is 0 Å². The Balaban J connectivity index is 1.49. The Hall–Kier alpha value is -5.76. The number of ether oxygens (including phenoxy) is 2. The second-order valence-corrected chi connectivity index (χ2v) is 12.8. The minimum atomic E-state index is -3.83. The van der Waals surface area contributed by atoms with Crippen LogP contribution in [0.4, 0.5) is 19.3 Å². The SMILES string of the molecule is CNC(=O)OC(=O)c1c(-c2ccc(F)cc2)oc2cc(N(C)S(C)(=O)=O)c(-c3ccc4c(n3)-c3cc5c(F)cccc5n3CO4)cc12. The Kier molecular flexibility index (Phi) is 6.97. The molecule has 47 heavy (non-hydrogen) atoms. The minimum absolute atomic E-state index is 0.0302. The van der Waals surface area contributed by atoms with E-state index in [1.54, 1.807) is 34.9 Å². The zero-order valence-electron chi connectivity index (χ0n) is 25.0. The Bertz CT molecular complexity index is 2380. The highest BCUT2D eigenvalue weighted by molar-refractivity contribution is 7.92. The number of anilines is 1. The summed E-state index contributed by atoms with van der Waals surface area (Å²) in [6, 6.07) is 17.8. The number of fused-ring (bicyclic) bond motifs is 6. The molecule has 1 amide bonds. The number of pyridine rings is 1. The van der Waals surface area contributed by atoms with Crippen molar-refractivity contribution in [3.8, 4) is 39.7 Å². The maximum Gasteiger partial charge on any atom is 0.414 e. The molecule has 0 saturated heterocycles. The third-order valence-electron chi connectivity index (χ3n) is 7.96. The van der Waals surface area contributed by atoms with Gasteiger partial charge in [0.2, 0.25) is 10.0 Å². The third-order valence-corrected chi connectivity index (χ3v) is 9.15. The fraction of sp³-hybridized carbons (Fsp3) is 0.121. The molecule has 6 aromatic rings. The van der Waals surface area contributed by atoms with Crippen molar-refractivity contribution >= 4 is 49.6 Å². The van der Waals surface area contributed by atoms with Gasteiger partial charge in [0.25, 0.3) is 0 Å². The molecule has 0 bridgehead atoms. The Labute approximate surface area is 266 Å². The highest BCUT2D eigenvalue weighted by Crippen LogP contribution is 2.44. The Morgan fingerprint density at radius 3 is 2.51 bits per heavy atom. The van der Waals surface area contributed by atoms with Crippen LogP contribution in [0.25, 0.3) is 55.8 Å². The lowest BCUT2D eigenvalue weighted by Gasteiger charge is -2.23. The summed E-state index contributed by atoms with van der Waals surface area (Å²) in [7, 11) is -1.19. The standard InChI is InChI=1S/C33H24F2N4O7S/c1-36-33(41)46-32(40)29-21-13-20(25(38(2)47(3,42)43)15-28(21)45-31(29)17-7-9-18(34)10-8-17)23-11-12-27-30(37-23)26-14-19-22(35)5-4-6-24(19)39(26)16-44-27/h4-15H,16H2,1-3H3,(H,36,41). The molecule has 0 saturated carbocycles. The summed E-state index contributed by atoms with van der Waals surface area (Å²) in [5.41, 5.74) is 2.53. The molecule has 0 radical (unpaired) electrons. The first-order chi connectivity index (χ1) is 22.4. The monoisotopic (exact) mass is 658 g/mol. The van der Waals surface area contributed by atoms with Gasteiger partial charge < -0.3 is 23.8 Å². The van der Waals surface area contributed by atoms with Crippen LogP contribution in [0.5, 0.6) is 5.75 Å². The maximum atomic E-state index is 14.7. The number of aromatic nitrogens is 2. The summed E-state index contributed by atoms with van der Waals surface area (Å²) < 4.78 is 74.0. The number of alkyl carbamates (subject to hydrolysis) is 1. The van der Waals surface area contributed by atoms with Crippen molar-refractivity contribution in [2.75, 3.05) is 24.7 Å². The molecule has 7 rings (SSSR count). The third kappa shape index (κ3) is 5.02. The molecule has 238 valence electrons. The van der Waals surface area contributed by atoms with Crippen molar-refractivity contribution in [1.29, 1.82) is 0 Å². The number of sulfonamides is 1. The van der Waals surface area contributed by atoms with E-state index in [9.17, 15) is 26.8 Å². The number of carbonyl (C=O) groups is 2. The molecule has 3 aromatic heterocycles. The van der Waals surface area contributed by atoms with E-state index in [2.05, 4.69) is 5.32 Å². The van der Waals surface area contributed by atoms with E-state index in [-0.39, 0.29) is 46.0 Å². The minimum Gasteiger partial charge on any atom is -0.470 e. The Morgan fingerprint density at radius 1 is 1.02 bits per heavy atom. The molecule has 0 fully saturated rings. The van der Waals surface area contributed by atoms with Gasteiger partial charge in [-0.2, -0.15) is 0 Å². The van der Waals surface area contributed by atoms with Gasteiger partial charge >= 0.3 is 12.1 Å². The summed E-state index contributed by atoms with van der Waals surface area (Å²) in [6.07, 6.45) is 0.00610. The molecule has 11 nitrogen and oxygen atoms in total. The van der Waals surface area contributed by atoms with Gasteiger partial charge in [-0.3, -0.25) is 4.31 Å². The van der Waals surface area contributed by atoms with Crippen molar-refractivity contribution in [3.05, 3.63) is 90.0 Å². The van der Waals surface area contributed by atoms with Crippen molar-refractivity contribution in [2.24, 2.45) is 0 Å². The van der Waals surface area contributed by atoms with Crippen molar-refractivity contribution < 1.29 is 40.7 Å². The van der Waals surface area contributed by atoms with Crippen LogP contribution in [-0.4, -0.2) is 50.4 Å². The number of nitrogens with zero attached hydrogens (tertiary/aromatic N) is 3. The molecule has 0 atom stereocenters. The number of nitrogens with one attached hydrogen (secondary N) is 1. The molecule has 0 aliphatic carbocycles. The topological polar surface area (TPSA) is 133 Å². The van der Waals surface area contributed by atoms with Crippen LogP contribution in [0, 0.1) is 11.6 Å². The number of carbonyl (C=O) groups excluding carboxylic acids is 2. The average Bonchev–Trinajstić information content (AvgIpc) is 3.63. The smallest absolute Gasteiger partial charge is 0.414 e. The number of amides is 1. The number of hydrogen-bond acceptors (Lipinski definition) is 8.